The molecule has 1 fully saturated rings. The Morgan fingerprint density at radius 2 is 1.85 bits per heavy atom. The third-order valence-corrected chi connectivity index (χ3v) is 3.19. The lowest BCUT2D eigenvalue weighted by Gasteiger charge is -2.13. The predicted octanol–water partition coefficient (Wildman–Crippen LogP) is 2.42. The number of nitrogens with one attached hydrogen (secondary N) is 1. The highest BCUT2D eigenvalue weighted by atomic mass is 79.9. The van der Waals surface area contributed by atoms with Crippen LogP contribution in [0.3, 0.4) is 0 Å². The average molecular weight is 239 g/mol. The first-order chi connectivity index (χ1) is 6.15. The Labute approximate surface area is 85.8 Å². The lowest BCUT2D eigenvalue weighted by atomic mass is 9.95. The Balaban J connectivity index is 2.36. The molecule has 0 unspecified atom stereocenters. The van der Waals surface area contributed by atoms with E-state index in [1.54, 1.807) is 0 Å². The summed E-state index contributed by atoms with van der Waals surface area (Å²) in [6.07, 6.45) is 2.04. The molecular weight excluding hydrogens is 228 g/mol. The molecule has 0 aliphatic heterocycles. The molecule has 1 aliphatic carbocycles. The van der Waals surface area contributed by atoms with E-state index in [1.807, 2.05) is 24.3 Å². The molecule has 0 amide bonds. The monoisotopic (exact) mass is 238 g/mol. The van der Waals surface area contributed by atoms with Crippen LogP contribution < -0.4 is 5.73 Å². The van der Waals surface area contributed by atoms with Crippen molar-refractivity contribution in [2.75, 3.05) is 0 Å². The first kappa shape index (κ1) is 8.75. The van der Waals surface area contributed by atoms with Gasteiger partial charge < -0.3 is 5.73 Å². The van der Waals surface area contributed by atoms with E-state index in [0.29, 0.717) is 5.84 Å². The summed E-state index contributed by atoms with van der Waals surface area (Å²) in [4.78, 5) is 0. The third-order valence-electron chi connectivity index (χ3n) is 2.66. The number of rotatable bonds is 2. The van der Waals surface area contributed by atoms with Crippen LogP contribution in [0, 0.1) is 5.41 Å². The number of hydrogen-bond donors (Lipinski definition) is 2. The first-order valence-electron chi connectivity index (χ1n) is 4.26. The maximum Gasteiger partial charge on any atom is 0.101 e. The predicted molar refractivity (Wildman–Crippen MR) is 57.0 cm³/mol. The molecule has 0 bridgehead atoms. The van der Waals surface area contributed by atoms with Gasteiger partial charge >= 0.3 is 0 Å². The van der Waals surface area contributed by atoms with Crippen LogP contribution in [-0.2, 0) is 5.41 Å². The summed E-state index contributed by atoms with van der Waals surface area (Å²) >= 11 is 3.38. The summed E-state index contributed by atoms with van der Waals surface area (Å²) in [5.41, 5.74) is 6.62. The van der Waals surface area contributed by atoms with Crippen molar-refractivity contribution in [3.8, 4) is 0 Å². The number of hydrogen-bond acceptors (Lipinski definition) is 1. The minimum absolute atomic E-state index is 0.124. The highest BCUT2D eigenvalue weighted by Crippen LogP contribution is 2.48. The second-order valence-electron chi connectivity index (χ2n) is 3.50. The van der Waals surface area contributed by atoms with Gasteiger partial charge in [-0.25, -0.2) is 0 Å². The van der Waals surface area contributed by atoms with E-state index in [0.717, 1.165) is 17.3 Å². The van der Waals surface area contributed by atoms with E-state index in [2.05, 4.69) is 15.9 Å². The third kappa shape index (κ3) is 1.37. The molecule has 1 saturated carbocycles. The van der Waals surface area contributed by atoms with E-state index in [-0.39, 0.29) is 5.41 Å². The maximum absolute atomic E-state index is 7.52. The molecule has 1 aromatic carbocycles. The molecule has 2 rings (SSSR count). The molecule has 1 aliphatic rings. The fourth-order valence-electron chi connectivity index (χ4n) is 1.61. The quantitative estimate of drug-likeness (QED) is 0.604. The normalized spacial score (nSPS) is 18.2. The van der Waals surface area contributed by atoms with Crippen molar-refractivity contribution in [3.05, 3.63) is 34.3 Å². The first-order valence-corrected chi connectivity index (χ1v) is 5.05. The second kappa shape index (κ2) is 2.84. The van der Waals surface area contributed by atoms with Crippen LogP contribution in [0.4, 0.5) is 0 Å². The van der Waals surface area contributed by atoms with Gasteiger partial charge in [-0.1, -0.05) is 28.1 Å². The Hall–Kier alpha value is -0.830. The number of benzene rings is 1. The molecule has 3 heteroatoms. The van der Waals surface area contributed by atoms with Crippen LogP contribution in [0.5, 0.6) is 0 Å². The smallest absolute Gasteiger partial charge is 0.101 e. The number of halogens is 1. The Morgan fingerprint density at radius 1 is 1.31 bits per heavy atom. The van der Waals surface area contributed by atoms with E-state index in [1.165, 1.54) is 5.56 Å². The molecule has 0 saturated heterocycles. The maximum atomic E-state index is 7.52. The van der Waals surface area contributed by atoms with Gasteiger partial charge in [0, 0.05) is 4.47 Å². The summed E-state index contributed by atoms with van der Waals surface area (Å²) in [6.45, 7) is 0. The van der Waals surface area contributed by atoms with Gasteiger partial charge in [-0.05, 0) is 30.5 Å². The Morgan fingerprint density at radius 3 is 2.23 bits per heavy atom. The fraction of sp³-hybridized carbons (Fsp3) is 0.300. The van der Waals surface area contributed by atoms with Crippen LogP contribution in [0.2, 0.25) is 0 Å². The van der Waals surface area contributed by atoms with Crippen molar-refractivity contribution in [1.29, 1.82) is 5.41 Å². The Bertz CT molecular complexity index is 338. The molecule has 68 valence electrons. The van der Waals surface area contributed by atoms with Crippen molar-refractivity contribution in [2.45, 2.75) is 18.3 Å². The SMILES string of the molecule is N=C(N)C1(c2ccc(Br)cc2)CC1. The molecule has 1 aromatic rings. The van der Waals surface area contributed by atoms with Crippen LogP contribution in [-0.4, -0.2) is 5.84 Å². The number of amidine groups is 1. The molecule has 0 heterocycles. The molecule has 0 spiro atoms. The van der Waals surface area contributed by atoms with Crippen molar-refractivity contribution >= 4 is 21.8 Å². The lowest BCUT2D eigenvalue weighted by Crippen LogP contribution is -2.27. The van der Waals surface area contributed by atoms with Crippen molar-refractivity contribution in [1.82, 2.24) is 0 Å². The summed E-state index contributed by atoms with van der Waals surface area (Å²) in [6, 6.07) is 8.08. The highest BCUT2D eigenvalue weighted by molar-refractivity contribution is 9.10. The van der Waals surface area contributed by atoms with Gasteiger partial charge in [0.05, 0.1) is 5.41 Å². The van der Waals surface area contributed by atoms with E-state index in [9.17, 15) is 0 Å². The second-order valence-corrected chi connectivity index (χ2v) is 4.42. The molecular formula is C10H11BrN2. The van der Waals surface area contributed by atoms with Crippen molar-refractivity contribution in [3.63, 3.8) is 0 Å². The van der Waals surface area contributed by atoms with Gasteiger partial charge in [-0.15, -0.1) is 0 Å². The zero-order chi connectivity index (χ0) is 9.47. The van der Waals surface area contributed by atoms with Gasteiger partial charge in [-0.3, -0.25) is 5.41 Å². The molecule has 0 atom stereocenters. The number of nitrogens with two attached hydrogens (primary N) is 1. The lowest BCUT2D eigenvalue weighted by molar-refractivity contribution is 0.922. The van der Waals surface area contributed by atoms with Crippen LogP contribution in [0.25, 0.3) is 0 Å². The van der Waals surface area contributed by atoms with E-state index < -0.39 is 0 Å². The van der Waals surface area contributed by atoms with Crippen LogP contribution in [0.15, 0.2) is 28.7 Å². The van der Waals surface area contributed by atoms with Crippen molar-refractivity contribution in [2.24, 2.45) is 5.73 Å². The molecule has 3 N–H and O–H groups in total. The van der Waals surface area contributed by atoms with Crippen molar-refractivity contribution < 1.29 is 0 Å². The Kier molecular flexibility index (Phi) is 1.91. The van der Waals surface area contributed by atoms with Gasteiger partial charge in [0.2, 0.25) is 0 Å². The topological polar surface area (TPSA) is 49.9 Å². The summed E-state index contributed by atoms with van der Waals surface area (Å²) in [5, 5.41) is 7.52. The van der Waals surface area contributed by atoms with Crippen LogP contribution >= 0.6 is 15.9 Å². The van der Waals surface area contributed by atoms with Crippen LogP contribution in [0.1, 0.15) is 18.4 Å². The molecule has 0 radical (unpaired) electrons. The van der Waals surface area contributed by atoms with E-state index in [4.69, 9.17) is 11.1 Å². The zero-order valence-electron chi connectivity index (χ0n) is 7.18. The van der Waals surface area contributed by atoms with Gasteiger partial charge in [0.15, 0.2) is 0 Å². The summed E-state index contributed by atoms with van der Waals surface area (Å²) in [7, 11) is 0. The average Bonchev–Trinajstić information content (AvgIpc) is 2.86. The van der Waals surface area contributed by atoms with Gasteiger partial charge in [-0.2, -0.15) is 0 Å². The molecule has 13 heavy (non-hydrogen) atoms. The standard InChI is InChI=1S/C10H11BrN2/c11-8-3-1-7(2-4-8)10(5-6-10)9(12)13/h1-4H,5-6H2,(H3,12,13). The molecule has 2 nitrogen and oxygen atoms in total. The van der Waals surface area contributed by atoms with Gasteiger partial charge in [0.25, 0.3) is 0 Å². The summed E-state index contributed by atoms with van der Waals surface area (Å²) in [5.74, 6) is 0.301. The largest absolute Gasteiger partial charge is 0.387 e. The van der Waals surface area contributed by atoms with E-state index >= 15 is 0 Å². The highest BCUT2D eigenvalue weighted by Gasteiger charge is 2.47. The summed E-state index contributed by atoms with van der Waals surface area (Å²) < 4.78 is 1.07. The van der Waals surface area contributed by atoms with Gasteiger partial charge in [0.1, 0.15) is 5.84 Å². The molecule has 0 aromatic heterocycles. The zero-order valence-corrected chi connectivity index (χ0v) is 8.76. The minimum Gasteiger partial charge on any atom is -0.387 e. The minimum atomic E-state index is -0.124. The fourth-order valence-corrected chi connectivity index (χ4v) is 1.87.